The summed E-state index contributed by atoms with van der Waals surface area (Å²) in [4.78, 5) is 22.3. The zero-order valence-corrected chi connectivity index (χ0v) is 18.3. The lowest BCUT2D eigenvalue weighted by Crippen LogP contribution is -2.24. The number of halogens is 3. The van der Waals surface area contributed by atoms with E-state index in [1.54, 1.807) is 12.1 Å². The van der Waals surface area contributed by atoms with Crippen LogP contribution in [0.5, 0.6) is 5.75 Å². The number of amides is 1. The first-order valence-corrected chi connectivity index (χ1v) is 9.73. The molecule has 2 aromatic rings. The van der Waals surface area contributed by atoms with E-state index in [-0.39, 0.29) is 5.70 Å². The quantitative estimate of drug-likeness (QED) is 0.493. The van der Waals surface area contributed by atoms with Gasteiger partial charge in [0.1, 0.15) is 18.1 Å². The number of hydrogen-bond acceptors (Lipinski definition) is 3. The Morgan fingerprint density at radius 2 is 1.69 bits per heavy atom. The molecule has 5 nitrogen and oxygen atoms in total. The second kappa shape index (κ2) is 9.34. The molecule has 0 radical (unpaired) electrons. The van der Waals surface area contributed by atoms with E-state index in [1.165, 1.54) is 13.0 Å². The van der Waals surface area contributed by atoms with Gasteiger partial charge in [0, 0.05) is 11.4 Å². The van der Waals surface area contributed by atoms with Crippen LogP contribution in [0.3, 0.4) is 0 Å². The molecule has 0 aromatic heterocycles. The maximum absolute atomic E-state index is 11.2. The summed E-state index contributed by atoms with van der Waals surface area (Å²) >= 11 is 10.3. The van der Waals surface area contributed by atoms with Gasteiger partial charge in [0.05, 0.1) is 8.95 Å². The number of rotatable bonds is 6. The molecule has 8 heteroatoms. The normalized spacial score (nSPS) is 11.2. The Morgan fingerprint density at radius 3 is 2.19 bits per heavy atom. The average molecular weight is 548 g/mol. The van der Waals surface area contributed by atoms with Crippen molar-refractivity contribution in [3.63, 3.8) is 0 Å². The van der Waals surface area contributed by atoms with Crippen molar-refractivity contribution in [2.45, 2.75) is 13.5 Å². The van der Waals surface area contributed by atoms with E-state index >= 15 is 0 Å². The highest BCUT2D eigenvalue weighted by Crippen LogP contribution is 2.36. The molecule has 0 bridgehead atoms. The molecule has 0 aliphatic rings. The maximum Gasteiger partial charge on any atom is 0.352 e. The Kier molecular flexibility index (Phi) is 7.43. The van der Waals surface area contributed by atoms with Crippen LogP contribution in [0.25, 0.3) is 6.08 Å². The molecule has 2 rings (SSSR count). The molecule has 2 N–H and O–H groups in total. The minimum Gasteiger partial charge on any atom is -0.487 e. The first-order valence-electron chi connectivity index (χ1n) is 7.35. The lowest BCUT2D eigenvalue weighted by Gasteiger charge is -2.12. The van der Waals surface area contributed by atoms with E-state index in [9.17, 15) is 14.7 Å². The van der Waals surface area contributed by atoms with Crippen LogP contribution in [0.15, 0.2) is 55.5 Å². The van der Waals surface area contributed by atoms with E-state index in [0.717, 1.165) is 10.0 Å². The van der Waals surface area contributed by atoms with E-state index in [0.29, 0.717) is 26.9 Å². The fourth-order valence-electron chi connectivity index (χ4n) is 2.04. The predicted molar refractivity (Wildman–Crippen MR) is 110 cm³/mol. The Morgan fingerprint density at radius 1 is 1.12 bits per heavy atom. The second-order valence-corrected chi connectivity index (χ2v) is 7.90. The molecule has 2 aromatic carbocycles. The van der Waals surface area contributed by atoms with Crippen molar-refractivity contribution >= 4 is 65.7 Å². The number of carbonyl (C=O) groups excluding carboxylic acids is 1. The summed E-state index contributed by atoms with van der Waals surface area (Å²) in [7, 11) is 0. The highest BCUT2D eigenvalue weighted by Gasteiger charge is 2.12. The second-order valence-electron chi connectivity index (χ2n) is 5.27. The van der Waals surface area contributed by atoms with Gasteiger partial charge in [-0.1, -0.05) is 28.1 Å². The molecule has 0 aliphatic heterocycles. The minimum atomic E-state index is -1.22. The van der Waals surface area contributed by atoms with Crippen LogP contribution < -0.4 is 10.1 Å². The van der Waals surface area contributed by atoms with E-state index in [1.807, 2.05) is 24.3 Å². The van der Waals surface area contributed by atoms with Gasteiger partial charge < -0.3 is 15.2 Å². The lowest BCUT2D eigenvalue weighted by molar-refractivity contribution is -0.134. The summed E-state index contributed by atoms with van der Waals surface area (Å²) in [5.41, 5.74) is 1.39. The van der Waals surface area contributed by atoms with Gasteiger partial charge in [-0.15, -0.1) is 0 Å². The highest BCUT2D eigenvalue weighted by molar-refractivity contribution is 9.11. The molecule has 0 saturated carbocycles. The van der Waals surface area contributed by atoms with Crippen LogP contribution in [0.4, 0.5) is 0 Å². The van der Waals surface area contributed by atoms with Gasteiger partial charge in [-0.25, -0.2) is 4.79 Å². The van der Waals surface area contributed by atoms with Gasteiger partial charge in [-0.2, -0.15) is 0 Å². The van der Waals surface area contributed by atoms with Gasteiger partial charge in [-0.3, -0.25) is 4.79 Å². The first-order chi connectivity index (χ1) is 12.3. The van der Waals surface area contributed by atoms with Crippen LogP contribution in [-0.2, 0) is 16.2 Å². The molecule has 1 amide bonds. The first kappa shape index (κ1) is 20.7. The Balaban J connectivity index is 2.22. The van der Waals surface area contributed by atoms with Crippen molar-refractivity contribution in [3.8, 4) is 5.75 Å². The lowest BCUT2D eigenvalue weighted by atomic mass is 10.2. The summed E-state index contributed by atoms with van der Waals surface area (Å²) in [5, 5.41) is 11.5. The Bertz CT molecular complexity index is 840. The highest BCUT2D eigenvalue weighted by atomic mass is 79.9. The van der Waals surface area contributed by atoms with Crippen molar-refractivity contribution in [1.29, 1.82) is 0 Å². The standard InChI is InChI=1S/C18H14Br3NO4/c1-10(23)22-16(18(24)25)8-12-6-14(20)17(15(21)7-12)26-9-11-2-4-13(19)5-3-11/h2-8H,9H2,1H3,(H,22,23)(H,24,25)/b16-8+. The summed E-state index contributed by atoms with van der Waals surface area (Å²) < 4.78 is 8.15. The minimum absolute atomic E-state index is 0.208. The van der Waals surface area contributed by atoms with E-state index < -0.39 is 11.9 Å². The molecule has 0 atom stereocenters. The van der Waals surface area contributed by atoms with Crippen molar-refractivity contribution in [1.82, 2.24) is 5.32 Å². The van der Waals surface area contributed by atoms with Crippen molar-refractivity contribution in [2.24, 2.45) is 0 Å². The summed E-state index contributed by atoms with van der Waals surface area (Å²) in [6.45, 7) is 1.63. The molecule has 0 unspecified atom stereocenters. The Hall–Kier alpha value is -1.64. The third kappa shape index (κ3) is 5.96. The molecule has 26 heavy (non-hydrogen) atoms. The fraction of sp³-hybridized carbons (Fsp3) is 0.111. The average Bonchev–Trinajstić information content (AvgIpc) is 2.54. The number of carboxylic acids is 1. The number of carboxylic acid groups (broad SMARTS) is 1. The maximum atomic E-state index is 11.2. The van der Waals surface area contributed by atoms with Crippen molar-refractivity contribution in [3.05, 3.63) is 66.6 Å². The van der Waals surface area contributed by atoms with Crippen molar-refractivity contribution in [2.75, 3.05) is 0 Å². The van der Waals surface area contributed by atoms with E-state index in [4.69, 9.17) is 4.74 Å². The number of nitrogens with one attached hydrogen (secondary N) is 1. The van der Waals surface area contributed by atoms with Gasteiger partial charge in [0.25, 0.3) is 0 Å². The van der Waals surface area contributed by atoms with Gasteiger partial charge in [0.15, 0.2) is 0 Å². The number of aliphatic carboxylic acids is 1. The number of carbonyl (C=O) groups is 2. The zero-order chi connectivity index (χ0) is 19.3. The molecular formula is C18H14Br3NO4. The summed E-state index contributed by atoms with van der Waals surface area (Å²) in [6, 6.07) is 11.2. The van der Waals surface area contributed by atoms with Crippen LogP contribution >= 0.6 is 47.8 Å². The van der Waals surface area contributed by atoms with Gasteiger partial charge in [0.2, 0.25) is 5.91 Å². The van der Waals surface area contributed by atoms with Crippen LogP contribution in [-0.4, -0.2) is 17.0 Å². The number of benzene rings is 2. The molecule has 0 fully saturated rings. The smallest absolute Gasteiger partial charge is 0.352 e. The summed E-state index contributed by atoms with van der Waals surface area (Å²) in [5.74, 6) is -1.07. The van der Waals surface area contributed by atoms with Gasteiger partial charge >= 0.3 is 5.97 Å². The predicted octanol–water partition coefficient (Wildman–Crippen LogP) is 5.11. The Labute approximate surface area is 175 Å². The summed E-state index contributed by atoms with van der Waals surface area (Å²) in [6.07, 6.45) is 1.37. The number of ether oxygens (including phenoxy) is 1. The van der Waals surface area contributed by atoms with Gasteiger partial charge in [-0.05, 0) is 73.3 Å². The van der Waals surface area contributed by atoms with Crippen LogP contribution in [0.2, 0.25) is 0 Å². The zero-order valence-electron chi connectivity index (χ0n) is 13.6. The largest absolute Gasteiger partial charge is 0.487 e. The molecule has 0 aliphatic carbocycles. The monoisotopic (exact) mass is 545 g/mol. The van der Waals surface area contributed by atoms with Crippen molar-refractivity contribution < 1.29 is 19.4 Å². The molecule has 0 saturated heterocycles. The topological polar surface area (TPSA) is 75.6 Å². The number of hydrogen-bond donors (Lipinski definition) is 2. The fourth-order valence-corrected chi connectivity index (χ4v) is 3.76. The molecular weight excluding hydrogens is 534 g/mol. The molecule has 0 heterocycles. The van der Waals surface area contributed by atoms with E-state index in [2.05, 4.69) is 53.1 Å². The molecule has 136 valence electrons. The SMILES string of the molecule is CC(=O)N/C(=C/c1cc(Br)c(OCc2ccc(Br)cc2)c(Br)c1)C(=O)O. The third-order valence-electron chi connectivity index (χ3n) is 3.17. The third-order valence-corrected chi connectivity index (χ3v) is 4.88. The van der Waals surface area contributed by atoms with Crippen LogP contribution in [0, 0.1) is 0 Å². The molecule has 0 spiro atoms. The van der Waals surface area contributed by atoms with Crippen LogP contribution in [0.1, 0.15) is 18.1 Å².